The Balaban J connectivity index is 1.36. The van der Waals surface area contributed by atoms with Gasteiger partial charge in [-0.3, -0.25) is 9.69 Å². The van der Waals surface area contributed by atoms with Crippen LogP contribution in [0.25, 0.3) is 22.1 Å². The Morgan fingerprint density at radius 3 is 2.61 bits per heavy atom. The number of aromatic amines is 1. The molecule has 3 heterocycles. The lowest BCUT2D eigenvalue weighted by molar-refractivity contribution is 0.243. The number of halogens is 1. The number of piperazine rings is 1. The number of hydrogen-bond acceptors (Lipinski definition) is 5. The Morgan fingerprint density at radius 2 is 1.79 bits per heavy atom. The lowest BCUT2D eigenvalue weighted by Gasteiger charge is -2.35. The van der Waals surface area contributed by atoms with Crippen molar-refractivity contribution in [3.05, 3.63) is 70.5 Å². The molecule has 2 aromatic carbocycles. The van der Waals surface area contributed by atoms with Crippen LogP contribution < -0.4 is 10.5 Å². The molecule has 2 aromatic heterocycles. The van der Waals surface area contributed by atoms with E-state index in [0.717, 1.165) is 31.6 Å². The largest absolute Gasteiger partial charge is 0.449 e. The summed E-state index contributed by atoms with van der Waals surface area (Å²) in [7, 11) is 0. The molecule has 1 aliphatic rings. The van der Waals surface area contributed by atoms with Gasteiger partial charge in [0.2, 0.25) is 5.58 Å². The zero-order valence-electron chi connectivity index (χ0n) is 15.2. The van der Waals surface area contributed by atoms with Crippen LogP contribution in [0.3, 0.4) is 0 Å². The highest BCUT2D eigenvalue weighted by molar-refractivity contribution is 6.01. The number of aromatic nitrogens is 2. The topological polar surface area (TPSA) is 65.4 Å². The Bertz CT molecular complexity index is 1210. The lowest BCUT2D eigenvalue weighted by atomic mass is 10.2. The predicted octanol–water partition coefficient (Wildman–Crippen LogP) is 3.13. The minimum Gasteiger partial charge on any atom is -0.449 e. The van der Waals surface area contributed by atoms with Crippen LogP contribution in [0.2, 0.25) is 0 Å². The second-order valence-electron chi connectivity index (χ2n) is 7.00. The average molecular weight is 378 g/mol. The van der Waals surface area contributed by atoms with Crippen molar-refractivity contribution in [2.24, 2.45) is 0 Å². The van der Waals surface area contributed by atoms with Crippen molar-refractivity contribution >= 4 is 27.8 Å². The third-order valence-corrected chi connectivity index (χ3v) is 5.22. The Morgan fingerprint density at radius 1 is 1.04 bits per heavy atom. The summed E-state index contributed by atoms with van der Waals surface area (Å²) in [5, 5.41) is 0.842. The molecule has 1 aliphatic heterocycles. The van der Waals surface area contributed by atoms with Crippen LogP contribution in [-0.2, 0) is 6.54 Å². The van der Waals surface area contributed by atoms with Crippen molar-refractivity contribution in [2.75, 3.05) is 31.1 Å². The number of para-hydroxylation sites is 2. The Labute approximate surface area is 160 Å². The van der Waals surface area contributed by atoms with E-state index in [4.69, 9.17) is 4.42 Å². The van der Waals surface area contributed by atoms with Gasteiger partial charge in [-0.25, -0.2) is 9.37 Å². The molecule has 0 radical (unpaired) electrons. The van der Waals surface area contributed by atoms with E-state index >= 15 is 0 Å². The molecular formula is C21H19FN4O2. The zero-order chi connectivity index (χ0) is 19.1. The third kappa shape index (κ3) is 2.93. The van der Waals surface area contributed by atoms with E-state index in [1.54, 1.807) is 6.07 Å². The van der Waals surface area contributed by atoms with Gasteiger partial charge < -0.3 is 14.3 Å². The van der Waals surface area contributed by atoms with Crippen LogP contribution in [0.15, 0.2) is 57.7 Å². The summed E-state index contributed by atoms with van der Waals surface area (Å²) in [5.74, 6) is 0.419. The van der Waals surface area contributed by atoms with E-state index in [0.29, 0.717) is 29.2 Å². The molecule has 5 rings (SSSR count). The third-order valence-electron chi connectivity index (χ3n) is 5.22. The smallest absolute Gasteiger partial charge is 0.294 e. The maximum Gasteiger partial charge on any atom is 0.294 e. The number of benzene rings is 2. The molecule has 1 saturated heterocycles. The lowest BCUT2D eigenvalue weighted by Crippen LogP contribution is -2.46. The van der Waals surface area contributed by atoms with E-state index < -0.39 is 0 Å². The van der Waals surface area contributed by atoms with Gasteiger partial charge in [0.05, 0.1) is 12.2 Å². The molecule has 1 N–H and O–H groups in total. The monoisotopic (exact) mass is 378 g/mol. The molecule has 0 atom stereocenters. The summed E-state index contributed by atoms with van der Waals surface area (Å²) < 4.78 is 19.6. The van der Waals surface area contributed by atoms with Gasteiger partial charge in [-0.05, 0) is 24.3 Å². The maximum absolute atomic E-state index is 14.0. The van der Waals surface area contributed by atoms with E-state index in [9.17, 15) is 9.18 Å². The van der Waals surface area contributed by atoms with Crippen LogP contribution in [-0.4, -0.2) is 41.0 Å². The molecule has 0 saturated carbocycles. The molecule has 0 spiro atoms. The summed E-state index contributed by atoms with van der Waals surface area (Å²) in [6.45, 7) is 3.52. The molecule has 0 unspecified atom stereocenters. The summed E-state index contributed by atoms with van der Waals surface area (Å²) >= 11 is 0. The summed E-state index contributed by atoms with van der Waals surface area (Å²) in [6.07, 6.45) is 0. The maximum atomic E-state index is 14.0. The first kappa shape index (κ1) is 16.9. The standard InChI is InChI=1S/C21H19FN4O2/c22-15-6-2-3-7-16(15)26-11-9-25(10-12-26)13-18-23-19-14-5-1-4-8-17(14)28-20(19)21(27)24-18/h1-8H,9-13H2,(H,23,24,27). The normalized spacial score (nSPS) is 15.5. The van der Waals surface area contributed by atoms with Gasteiger partial charge in [-0.2, -0.15) is 0 Å². The Kier molecular flexibility index (Phi) is 4.09. The second kappa shape index (κ2) is 6.76. The van der Waals surface area contributed by atoms with E-state index in [-0.39, 0.29) is 17.0 Å². The van der Waals surface area contributed by atoms with Crippen LogP contribution in [0.5, 0.6) is 0 Å². The number of nitrogens with one attached hydrogen (secondary N) is 1. The van der Waals surface area contributed by atoms with Gasteiger partial charge in [-0.1, -0.05) is 24.3 Å². The molecule has 1 fully saturated rings. The Hall–Kier alpha value is -3.19. The van der Waals surface area contributed by atoms with Crippen LogP contribution >= 0.6 is 0 Å². The quantitative estimate of drug-likeness (QED) is 0.593. The van der Waals surface area contributed by atoms with Gasteiger partial charge in [0, 0.05) is 31.6 Å². The number of rotatable bonds is 3. The minimum absolute atomic E-state index is 0.195. The SMILES string of the molecule is O=c1[nH]c(CN2CCN(c3ccccc3F)CC2)nc2c1oc1ccccc12. The summed E-state index contributed by atoms with van der Waals surface area (Å²) in [6, 6.07) is 14.4. The molecule has 0 bridgehead atoms. The number of hydrogen-bond donors (Lipinski definition) is 1. The number of fused-ring (bicyclic) bond motifs is 3. The number of anilines is 1. The highest BCUT2D eigenvalue weighted by atomic mass is 19.1. The van der Waals surface area contributed by atoms with E-state index in [2.05, 4.69) is 19.8 Å². The van der Waals surface area contributed by atoms with Crippen molar-refractivity contribution in [2.45, 2.75) is 6.54 Å². The molecule has 6 nitrogen and oxygen atoms in total. The van der Waals surface area contributed by atoms with Gasteiger partial charge in [-0.15, -0.1) is 0 Å². The number of H-pyrrole nitrogens is 1. The van der Waals surface area contributed by atoms with Crippen LogP contribution in [0, 0.1) is 5.82 Å². The predicted molar refractivity (Wildman–Crippen MR) is 106 cm³/mol. The summed E-state index contributed by atoms with van der Waals surface area (Å²) in [5.41, 5.74) is 1.89. The fourth-order valence-electron chi connectivity index (χ4n) is 3.79. The van der Waals surface area contributed by atoms with Crippen LogP contribution in [0.1, 0.15) is 5.82 Å². The van der Waals surface area contributed by atoms with Gasteiger partial charge in [0.15, 0.2) is 0 Å². The fourth-order valence-corrected chi connectivity index (χ4v) is 3.79. The van der Waals surface area contributed by atoms with Crippen molar-refractivity contribution in [3.63, 3.8) is 0 Å². The molecule has 142 valence electrons. The highest BCUT2D eigenvalue weighted by Gasteiger charge is 2.21. The summed E-state index contributed by atoms with van der Waals surface area (Å²) in [4.78, 5) is 24.2. The first-order chi connectivity index (χ1) is 13.7. The zero-order valence-corrected chi connectivity index (χ0v) is 15.2. The number of nitrogens with zero attached hydrogens (tertiary/aromatic N) is 3. The van der Waals surface area contributed by atoms with Gasteiger partial charge in [0.25, 0.3) is 5.56 Å². The highest BCUT2D eigenvalue weighted by Crippen LogP contribution is 2.25. The first-order valence-corrected chi connectivity index (χ1v) is 9.31. The van der Waals surface area contributed by atoms with Gasteiger partial charge in [0.1, 0.15) is 22.7 Å². The average Bonchev–Trinajstić information content (AvgIpc) is 3.09. The molecule has 0 amide bonds. The van der Waals surface area contributed by atoms with E-state index in [1.807, 2.05) is 36.4 Å². The fraction of sp³-hybridized carbons (Fsp3) is 0.238. The van der Waals surface area contributed by atoms with Crippen molar-refractivity contribution < 1.29 is 8.81 Å². The van der Waals surface area contributed by atoms with Crippen LogP contribution in [0.4, 0.5) is 10.1 Å². The minimum atomic E-state index is -0.263. The van der Waals surface area contributed by atoms with Crippen molar-refractivity contribution in [1.82, 2.24) is 14.9 Å². The molecular weight excluding hydrogens is 359 g/mol. The second-order valence-corrected chi connectivity index (χ2v) is 7.00. The molecule has 0 aliphatic carbocycles. The van der Waals surface area contributed by atoms with Crippen molar-refractivity contribution in [1.29, 1.82) is 0 Å². The molecule has 7 heteroatoms. The molecule has 28 heavy (non-hydrogen) atoms. The van der Waals surface area contributed by atoms with Crippen molar-refractivity contribution in [3.8, 4) is 0 Å². The molecule has 4 aromatic rings. The van der Waals surface area contributed by atoms with Gasteiger partial charge >= 0.3 is 0 Å². The van der Waals surface area contributed by atoms with E-state index in [1.165, 1.54) is 6.07 Å². The number of furan rings is 1. The first-order valence-electron chi connectivity index (χ1n) is 9.31.